The molecule has 9 heteroatoms. The van der Waals surface area contributed by atoms with Gasteiger partial charge in [-0.25, -0.2) is 0 Å². The number of nitrogens with two attached hydrogens (primary N) is 1. The van der Waals surface area contributed by atoms with Crippen molar-refractivity contribution in [3.05, 3.63) is 29.8 Å². The maximum Gasteiger partial charge on any atom is 0.455 e. The van der Waals surface area contributed by atoms with E-state index in [1.165, 1.54) is 0 Å². The molecule has 1 aromatic rings. The van der Waals surface area contributed by atoms with Gasteiger partial charge >= 0.3 is 18.1 Å². The maximum atomic E-state index is 13.0. The summed E-state index contributed by atoms with van der Waals surface area (Å²) in [5.74, 6) is -5.66. The van der Waals surface area contributed by atoms with Gasteiger partial charge in [0.25, 0.3) is 0 Å². The first kappa shape index (κ1) is 18.6. The number of alkyl halides is 5. The van der Waals surface area contributed by atoms with Crippen molar-refractivity contribution in [3.8, 4) is 5.75 Å². The molecule has 0 radical (unpaired) electrons. The highest BCUT2D eigenvalue weighted by Crippen LogP contribution is 2.43. The van der Waals surface area contributed by atoms with Crippen molar-refractivity contribution in [2.45, 2.75) is 25.1 Å². The molecule has 3 nitrogen and oxygen atoms in total. The summed E-state index contributed by atoms with van der Waals surface area (Å²) in [7, 11) is 0. The van der Waals surface area contributed by atoms with Crippen molar-refractivity contribution >= 4 is 18.4 Å². The summed E-state index contributed by atoms with van der Waals surface area (Å²) < 4.78 is 66.9. The smallest absolute Gasteiger partial charge is 0.427 e. The Labute approximate surface area is 117 Å². The summed E-state index contributed by atoms with van der Waals surface area (Å²) in [5, 5.41) is 0. The van der Waals surface area contributed by atoms with Crippen LogP contribution in [0.15, 0.2) is 24.3 Å². The molecule has 0 heterocycles. The lowest BCUT2D eigenvalue weighted by atomic mass is 10.0. The third-order valence-corrected chi connectivity index (χ3v) is 2.27. The van der Waals surface area contributed by atoms with Gasteiger partial charge in [-0.3, -0.25) is 4.79 Å². The van der Waals surface area contributed by atoms with Crippen LogP contribution in [0.3, 0.4) is 0 Å². The molecule has 0 saturated carbocycles. The molecule has 0 spiro atoms. The molecule has 114 valence electrons. The van der Waals surface area contributed by atoms with E-state index in [1.54, 1.807) is 0 Å². The van der Waals surface area contributed by atoms with Gasteiger partial charge in [0.15, 0.2) is 0 Å². The van der Waals surface area contributed by atoms with E-state index in [0.29, 0.717) is 0 Å². The second-order valence-electron chi connectivity index (χ2n) is 3.76. The second kappa shape index (κ2) is 6.36. The summed E-state index contributed by atoms with van der Waals surface area (Å²) in [6.45, 7) is 1.12. The molecule has 0 aliphatic rings. The van der Waals surface area contributed by atoms with Gasteiger partial charge < -0.3 is 10.5 Å². The molecule has 0 bridgehead atoms. The van der Waals surface area contributed by atoms with E-state index in [2.05, 4.69) is 4.74 Å². The molecule has 0 saturated heterocycles. The maximum absolute atomic E-state index is 13.0. The zero-order valence-corrected chi connectivity index (χ0v) is 10.9. The Morgan fingerprint density at radius 3 is 1.95 bits per heavy atom. The quantitative estimate of drug-likeness (QED) is 0.529. The van der Waals surface area contributed by atoms with Gasteiger partial charge in [0.05, 0.1) is 0 Å². The van der Waals surface area contributed by atoms with Crippen molar-refractivity contribution in [1.82, 2.24) is 0 Å². The van der Waals surface area contributed by atoms with Crippen LogP contribution in [0.5, 0.6) is 5.75 Å². The minimum Gasteiger partial charge on any atom is -0.427 e. The van der Waals surface area contributed by atoms with E-state index in [-0.39, 0.29) is 18.2 Å². The highest BCUT2D eigenvalue weighted by molar-refractivity contribution is 5.85. The predicted molar refractivity (Wildman–Crippen MR) is 62.9 cm³/mol. The first-order chi connectivity index (χ1) is 8.55. The lowest BCUT2D eigenvalue weighted by Gasteiger charge is -2.25. The lowest BCUT2D eigenvalue weighted by Crippen LogP contribution is -2.45. The Bertz CT molecular complexity index is 461. The molecule has 1 atom stereocenters. The van der Waals surface area contributed by atoms with Crippen LogP contribution >= 0.6 is 12.4 Å². The zero-order valence-electron chi connectivity index (χ0n) is 10.1. The fraction of sp³-hybridized carbons (Fsp3) is 0.364. The number of hydrogen-bond donors (Lipinski definition) is 1. The fourth-order valence-corrected chi connectivity index (χ4v) is 1.29. The number of esters is 1. The number of rotatable bonds is 3. The van der Waals surface area contributed by atoms with Crippen LogP contribution in [0.25, 0.3) is 0 Å². The first-order valence-corrected chi connectivity index (χ1v) is 5.04. The molecule has 20 heavy (non-hydrogen) atoms. The monoisotopic (exact) mass is 319 g/mol. The van der Waals surface area contributed by atoms with Gasteiger partial charge in [0.1, 0.15) is 11.8 Å². The molecule has 2 N–H and O–H groups in total. The summed E-state index contributed by atoms with van der Waals surface area (Å²) in [6.07, 6.45) is -5.74. The van der Waals surface area contributed by atoms with Crippen molar-refractivity contribution in [1.29, 1.82) is 0 Å². The van der Waals surface area contributed by atoms with Gasteiger partial charge in [0.2, 0.25) is 0 Å². The van der Waals surface area contributed by atoms with Gasteiger partial charge in [-0.15, -0.1) is 12.4 Å². The topological polar surface area (TPSA) is 52.3 Å². The molecule has 0 aliphatic heterocycles. The number of carbonyl (C=O) groups excluding carboxylic acids is 1. The molecular weight excluding hydrogens is 309 g/mol. The van der Waals surface area contributed by atoms with Crippen molar-refractivity contribution in [2.24, 2.45) is 5.73 Å². The minimum atomic E-state index is -5.74. The lowest BCUT2D eigenvalue weighted by molar-refractivity contribution is -0.291. The molecule has 1 rings (SSSR count). The van der Waals surface area contributed by atoms with Crippen LogP contribution in [0.2, 0.25) is 0 Å². The van der Waals surface area contributed by atoms with Gasteiger partial charge in [-0.1, -0.05) is 12.1 Å². The Morgan fingerprint density at radius 1 is 1.15 bits per heavy atom. The summed E-state index contributed by atoms with van der Waals surface area (Å²) >= 11 is 0. The largest absolute Gasteiger partial charge is 0.455 e. The first-order valence-electron chi connectivity index (χ1n) is 5.04. The molecule has 1 aromatic carbocycles. The van der Waals surface area contributed by atoms with Crippen LogP contribution in [-0.4, -0.2) is 18.1 Å². The summed E-state index contributed by atoms with van der Waals surface area (Å²) in [5.41, 5.74) is 4.51. The molecule has 0 aliphatic carbocycles. The van der Waals surface area contributed by atoms with Gasteiger partial charge in [-0.05, 0) is 17.7 Å². The Hall–Kier alpha value is -1.41. The number of ether oxygens (including phenoxy) is 1. The number of benzene rings is 1. The van der Waals surface area contributed by atoms with E-state index >= 15 is 0 Å². The Morgan fingerprint density at radius 2 is 1.60 bits per heavy atom. The van der Waals surface area contributed by atoms with Crippen molar-refractivity contribution < 1.29 is 31.5 Å². The van der Waals surface area contributed by atoms with Crippen LogP contribution in [-0.2, 0) is 4.79 Å². The fourth-order valence-electron chi connectivity index (χ4n) is 1.29. The van der Waals surface area contributed by atoms with E-state index in [4.69, 9.17) is 5.73 Å². The molecule has 0 amide bonds. The number of hydrogen-bond acceptors (Lipinski definition) is 3. The van der Waals surface area contributed by atoms with E-state index in [0.717, 1.165) is 31.2 Å². The Kier molecular flexibility index (Phi) is 5.91. The number of carbonyl (C=O) groups is 1. The molecule has 0 aromatic heterocycles. The summed E-state index contributed by atoms with van der Waals surface area (Å²) in [4.78, 5) is 10.6. The van der Waals surface area contributed by atoms with Crippen LogP contribution in [0.4, 0.5) is 22.0 Å². The molecule has 0 fully saturated rings. The highest BCUT2D eigenvalue weighted by atomic mass is 35.5. The predicted octanol–water partition coefficient (Wildman–Crippen LogP) is 3.23. The molecular formula is C11H11ClF5NO2. The normalized spacial score (nSPS) is 13.3. The van der Waals surface area contributed by atoms with Crippen molar-refractivity contribution in [2.75, 3.05) is 0 Å². The van der Waals surface area contributed by atoms with E-state index in [9.17, 15) is 26.7 Å². The third-order valence-electron chi connectivity index (χ3n) is 2.27. The van der Waals surface area contributed by atoms with Crippen molar-refractivity contribution in [3.63, 3.8) is 0 Å². The average Bonchev–Trinajstić information content (AvgIpc) is 2.26. The standard InChI is InChI=1S/C11H10F5NO2.ClH/c1-6(18)19-8-4-2-7(3-5-8)9(17)10(12,13)11(14,15)16;/h2-5,9H,17H2,1H3;1H/t9-;/m0./s1. The molecule has 0 unspecified atom stereocenters. The highest BCUT2D eigenvalue weighted by Gasteiger charge is 2.61. The summed E-state index contributed by atoms with van der Waals surface area (Å²) in [6, 6.07) is 1.54. The zero-order chi connectivity index (χ0) is 14.8. The SMILES string of the molecule is CC(=O)Oc1ccc([C@H](N)C(F)(F)C(F)(F)F)cc1.Cl. The van der Waals surface area contributed by atoms with Crippen LogP contribution < -0.4 is 10.5 Å². The van der Waals surface area contributed by atoms with E-state index < -0.39 is 29.7 Å². The number of halogens is 6. The second-order valence-corrected chi connectivity index (χ2v) is 3.76. The Balaban J connectivity index is 0.00000361. The van der Waals surface area contributed by atoms with Gasteiger partial charge in [-0.2, -0.15) is 22.0 Å². The van der Waals surface area contributed by atoms with Crippen LogP contribution in [0, 0.1) is 0 Å². The van der Waals surface area contributed by atoms with Crippen LogP contribution in [0.1, 0.15) is 18.5 Å². The van der Waals surface area contributed by atoms with Gasteiger partial charge in [0, 0.05) is 6.92 Å². The third kappa shape index (κ3) is 4.04. The minimum absolute atomic E-state index is 0. The average molecular weight is 320 g/mol. The van der Waals surface area contributed by atoms with E-state index in [1.807, 2.05) is 0 Å².